The van der Waals surface area contributed by atoms with Gasteiger partial charge in [-0.1, -0.05) is 18.2 Å². The predicted octanol–water partition coefficient (Wildman–Crippen LogP) is 2.46. The average Bonchev–Trinajstić information content (AvgIpc) is 2.52. The maximum absolute atomic E-state index is 12.7. The lowest BCUT2D eigenvalue weighted by Crippen LogP contribution is -2.41. The van der Waals surface area contributed by atoms with Crippen molar-refractivity contribution < 1.29 is 27.8 Å². The summed E-state index contributed by atoms with van der Waals surface area (Å²) >= 11 is 0. The molecule has 0 fully saturated rings. The van der Waals surface area contributed by atoms with Gasteiger partial charge < -0.3 is 19.5 Å². The van der Waals surface area contributed by atoms with E-state index in [0.29, 0.717) is 0 Å². The van der Waals surface area contributed by atoms with Crippen molar-refractivity contribution in [3.8, 4) is 5.88 Å². The van der Waals surface area contributed by atoms with E-state index >= 15 is 0 Å². The fraction of sp³-hybridized carbons (Fsp3) is 0.200. The number of amides is 1. The minimum atomic E-state index is -4.50. The molecule has 0 N–H and O–H groups in total. The van der Waals surface area contributed by atoms with Gasteiger partial charge in [-0.25, -0.2) is 0 Å². The maximum atomic E-state index is 12.7. The summed E-state index contributed by atoms with van der Waals surface area (Å²) in [5, 5.41) is 11.3. The van der Waals surface area contributed by atoms with Crippen molar-refractivity contribution in [2.45, 2.75) is 12.7 Å². The SMILES string of the molecule is COc1cccc(N(Cc2cccc(C(F)(F)F)c2)C(=O)[O-])n1. The van der Waals surface area contributed by atoms with E-state index in [9.17, 15) is 23.1 Å². The highest BCUT2D eigenvalue weighted by molar-refractivity contribution is 5.82. The van der Waals surface area contributed by atoms with Crippen molar-refractivity contribution in [1.82, 2.24) is 4.98 Å². The summed E-state index contributed by atoms with van der Waals surface area (Å²) in [5.41, 5.74) is -0.694. The van der Waals surface area contributed by atoms with E-state index in [1.807, 2.05) is 0 Å². The largest absolute Gasteiger partial charge is 0.530 e. The van der Waals surface area contributed by atoms with Crippen LogP contribution in [0.25, 0.3) is 0 Å². The lowest BCUT2D eigenvalue weighted by molar-refractivity contribution is -0.246. The van der Waals surface area contributed by atoms with Crippen molar-refractivity contribution in [2.75, 3.05) is 12.0 Å². The minimum absolute atomic E-state index is 0.00163. The van der Waals surface area contributed by atoms with E-state index in [4.69, 9.17) is 4.74 Å². The molecule has 23 heavy (non-hydrogen) atoms. The van der Waals surface area contributed by atoms with Gasteiger partial charge in [-0.2, -0.15) is 18.2 Å². The van der Waals surface area contributed by atoms with Crippen LogP contribution in [0.2, 0.25) is 0 Å². The Bertz CT molecular complexity index is 704. The van der Waals surface area contributed by atoms with Crippen LogP contribution in [0.5, 0.6) is 5.88 Å². The highest BCUT2D eigenvalue weighted by Crippen LogP contribution is 2.30. The quantitative estimate of drug-likeness (QED) is 0.866. The summed E-state index contributed by atoms with van der Waals surface area (Å²) in [6, 6.07) is 8.83. The molecule has 122 valence electrons. The topological polar surface area (TPSA) is 65.5 Å². The summed E-state index contributed by atoms with van der Waals surface area (Å²) < 4.78 is 43.0. The second-order valence-corrected chi connectivity index (χ2v) is 4.59. The number of hydrogen-bond donors (Lipinski definition) is 0. The fourth-order valence-corrected chi connectivity index (χ4v) is 1.94. The van der Waals surface area contributed by atoms with E-state index in [1.165, 1.54) is 37.4 Å². The number of halogens is 3. The molecule has 1 aromatic carbocycles. The Morgan fingerprint density at radius 2 is 1.96 bits per heavy atom. The van der Waals surface area contributed by atoms with Crippen molar-refractivity contribution in [3.63, 3.8) is 0 Å². The first-order valence-corrected chi connectivity index (χ1v) is 6.47. The number of ether oxygens (including phenoxy) is 1. The van der Waals surface area contributed by atoms with Gasteiger partial charge in [-0.3, -0.25) is 0 Å². The van der Waals surface area contributed by atoms with Crippen LogP contribution >= 0.6 is 0 Å². The van der Waals surface area contributed by atoms with Crippen LogP contribution in [0.15, 0.2) is 42.5 Å². The first-order chi connectivity index (χ1) is 10.8. The summed E-state index contributed by atoms with van der Waals surface area (Å²) in [6.45, 7) is -0.327. The van der Waals surface area contributed by atoms with Crippen LogP contribution in [0, 0.1) is 0 Å². The van der Waals surface area contributed by atoms with Gasteiger partial charge in [0.1, 0.15) is 11.9 Å². The van der Waals surface area contributed by atoms with Gasteiger partial charge in [0.25, 0.3) is 0 Å². The Morgan fingerprint density at radius 1 is 1.26 bits per heavy atom. The Labute approximate surface area is 129 Å². The number of rotatable bonds is 4. The van der Waals surface area contributed by atoms with E-state index in [0.717, 1.165) is 17.0 Å². The maximum Gasteiger partial charge on any atom is 0.416 e. The molecule has 1 aromatic heterocycles. The number of anilines is 1. The molecule has 2 aromatic rings. The van der Waals surface area contributed by atoms with Gasteiger partial charge in [0.2, 0.25) is 5.88 Å². The van der Waals surface area contributed by atoms with Crippen LogP contribution in [-0.2, 0) is 12.7 Å². The average molecular weight is 325 g/mol. The Morgan fingerprint density at radius 3 is 2.57 bits per heavy atom. The second-order valence-electron chi connectivity index (χ2n) is 4.59. The molecular formula is C15H12F3N2O3-. The summed E-state index contributed by atoms with van der Waals surface area (Å²) in [4.78, 5) is 16.0. The first-order valence-electron chi connectivity index (χ1n) is 6.47. The molecule has 5 nitrogen and oxygen atoms in total. The number of carboxylic acid groups (broad SMARTS) is 1. The second kappa shape index (κ2) is 6.55. The van der Waals surface area contributed by atoms with E-state index in [2.05, 4.69) is 4.98 Å². The molecule has 1 heterocycles. The summed E-state index contributed by atoms with van der Waals surface area (Å²) in [6.07, 6.45) is -6.08. The van der Waals surface area contributed by atoms with Gasteiger partial charge >= 0.3 is 6.18 Å². The van der Waals surface area contributed by atoms with Gasteiger partial charge in [0, 0.05) is 6.07 Å². The molecule has 2 rings (SSSR count). The molecule has 0 radical (unpaired) electrons. The van der Waals surface area contributed by atoms with Gasteiger partial charge in [-0.15, -0.1) is 0 Å². The number of carbonyl (C=O) groups excluding carboxylic acids is 1. The molecule has 8 heteroatoms. The third kappa shape index (κ3) is 4.12. The molecule has 0 saturated carbocycles. The van der Waals surface area contributed by atoms with Gasteiger partial charge in [0.15, 0.2) is 0 Å². The fourth-order valence-electron chi connectivity index (χ4n) is 1.94. The van der Waals surface area contributed by atoms with E-state index in [1.54, 1.807) is 0 Å². The third-order valence-electron chi connectivity index (χ3n) is 3.01. The third-order valence-corrected chi connectivity index (χ3v) is 3.01. The molecule has 0 aliphatic heterocycles. The summed E-state index contributed by atoms with van der Waals surface area (Å²) in [7, 11) is 1.36. The summed E-state index contributed by atoms with van der Waals surface area (Å²) in [5.74, 6) is 0.180. The lowest BCUT2D eigenvalue weighted by Gasteiger charge is -2.24. The number of pyridine rings is 1. The number of carbonyl (C=O) groups is 1. The lowest BCUT2D eigenvalue weighted by atomic mass is 10.1. The molecule has 1 amide bonds. The zero-order valence-electron chi connectivity index (χ0n) is 12.0. The molecule has 0 aliphatic carbocycles. The van der Waals surface area contributed by atoms with Crippen LogP contribution in [-0.4, -0.2) is 18.2 Å². The van der Waals surface area contributed by atoms with Crippen LogP contribution in [0.3, 0.4) is 0 Å². The molecule has 0 atom stereocenters. The number of benzene rings is 1. The highest BCUT2D eigenvalue weighted by Gasteiger charge is 2.30. The number of methoxy groups -OCH3 is 1. The normalized spacial score (nSPS) is 11.1. The van der Waals surface area contributed by atoms with E-state index < -0.39 is 17.8 Å². The van der Waals surface area contributed by atoms with Gasteiger partial charge in [-0.05, 0) is 23.8 Å². The molecule has 0 spiro atoms. The monoisotopic (exact) mass is 325 g/mol. The predicted molar refractivity (Wildman–Crippen MR) is 73.8 cm³/mol. The van der Waals surface area contributed by atoms with Crippen LogP contribution in [0.1, 0.15) is 11.1 Å². The smallest absolute Gasteiger partial charge is 0.416 e. The standard InChI is InChI=1S/C15H13F3N2O3/c1-23-13-7-3-6-12(19-13)20(14(21)22)9-10-4-2-5-11(8-10)15(16,17)18/h2-8H,9H2,1H3,(H,21,22)/p-1. The molecular weight excluding hydrogens is 313 g/mol. The highest BCUT2D eigenvalue weighted by atomic mass is 19.4. The first kappa shape index (κ1) is 16.6. The Hall–Kier alpha value is -2.77. The van der Waals surface area contributed by atoms with E-state index in [-0.39, 0.29) is 23.8 Å². The number of alkyl halides is 3. The molecule has 0 aliphatic rings. The van der Waals surface area contributed by atoms with Crippen molar-refractivity contribution in [1.29, 1.82) is 0 Å². The minimum Gasteiger partial charge on any atom is -0.530 e. The van der Waals surface area contributed by atoms with Crippen molar-refractivity contribution >= 4 is 11.9 Å². The number of aromatic nitrogens is 1. The zero-order chi connectivity index (χ0) is 17.0. The number of hydrogen-bond acceptors (Lipinski definition) is 4. The number of nitrogens with zero attached hydrogens (tertiary/aromatic N) is 2. The van der Waals surface area contributed by atoms with Crippen molar-refractivity contribution in [3.05, 3.63) is 53.6 Å². The van der Waals surface area contributed by atoms with Gasteiger partial charge in [0.05, 0.1) is 19.2 Å². The Balaban J connectivity index is 2.32. The van der Waals surface area contributed by atoms with Crippen LogP contribution < -0.4 is 14.7 Å². The van der Waals surface area contributed by atoms with Crippen molar-refractivity contribution in [2.24, 2.45) is 0 Å². The van der Waals surface area contributed by atoms with Crippen LogP contribution in [0.4, 0.5) is 23.8 Å². The Kier molecular flexibility index (Phi) is 4.73. The zero-order valence-corrected chi connectivity index (χ0v) is 12.0. The molecule has 0 bridgehead atoms. The molecule has 0 saturated heterocycles. The molecule has 0 unspecified atom stereocenters.